The van der Waals surface area contributed by atoms with Crippen LogP contribution in [0, 0.1) is 0 Å². The summed E-state index contributed by atoms with van der Waals surface area (Å²) < 4.78 is 11.7. The lowest BCUT2D eigenvalue weighted by atomic mass is 10.2. The highest BCUT2D eigenvalue weighted by atomic mass is 16.5. The van der Waals surface area contributed by atoms with Gasteiger partial charge in [-0.2, -0.15) is 0 Å². The van der Waals surface area contributed by atoms with E-state index >= 15 is 0 Å². The van der Waals surface area contributed by atoms with Gasteiger partial charge in [-0.05, 0) is 20.3 Å². The van der Waals surface area contributed by atoms with Crippen LogP contribution in [0.2, 0.25) is 0 Å². The van der Waals surface area contributed by atoms with Gasteiger partial charge in [-0.15, -0.1) is 5.10 Å². The topological polar surface area (TPSA) is 86.5 Å². The smallest absolute Gasteiger partial charge is 0.360 e. The van der Waals surface area contributed by atoms with Crippen molar-refractivity contribution < 1.29 is 19.4 Å². The van der Waals surface area contributed by atoms with Gasteiger partial charge in [0.1, 0.15) is 0 Å². The monoisotopic (exact) mass is 285 g/mol. The number of aliphatic hydroxyl groups is 1. The lowest BCUT2D eigenvalue weighted by Gasteiger charge is -2.12. The lowest BCUT2D eigenvalue weighted by Crippen LogP contribution is -2.24. The molecule has 0 radical (unpaired) electrons. The predicted molar refractivity (Wildman–Crippen MR) is 72.5 cm³/mol. The van der Waals surface area contributed by atoms with E-state index in [-0.39, 0.29) is 18.8 Å². The molecule has 0 bridgehead atoms. The van der Waals surface area contributed by atoms with Crippen molar-refractivity contribution in [2.45, 2.75) is 46.3 Å². The summed E-state index contributed by atoms with van der Waals surface area (Å²) in [4.78, 5) is 11.8. The molecule has 114 valence electrons. The van der Waals surface area contributed by atoms with Gasteiger partial charge in [0.15, 0.2) is 5.69 Å². The van der Waals surface area contributed by atoms with Gasteiger partial charge in [-0.1, -0.05) is 18.6 Å². The van der Waals surface area contributed by atoms with Gasteiger partial charge in [0.25, 0.3) is 0 Å². The third kappa shape index (κ3) is 4.57. The van der Waals surface area contributed by atoms with Gasteiger partial charge >= 0.3 is 5.97 Å². The molecule has 1 aromatic rings. The molecule has 0 spiro atoms. The van der Waals surface area contributed by atoms with Crippen molar-refractivity contribution in [3.05, 3.63) is 11.4 Å². The number of nitrogens with zero attached hydrogens (tertiary/aromatic N) is 3. The van der Waals surface area contributed by atoms with Crippen molar-refractivity contribution in [2.75, 3.05) is 19.8 Å². The van der Waals surface area contributed by atoms with Crippen LogP contribution in [0.5, 0.6) is 0 Å². The summed E-state index contributed by atoms with van der Waals surface area (Å²) in [6.45, 7) is 6.94. The molecule has 0 saturated heterocycles. The minimum atomic E-state index is -0.678. The van der Waals surface area contributed by atoms with E-state index in [1.807, 2.05) is 13.8 Å². The van der Waals surface area contributed by atoms with E-state index in [1.165, 1.54) is 0 Å². The van der Waals surface area contributed by atoms with E-state index < -0.39 is 12.1 Å². The van der Waals surface area contributed by atoms with Gasteiger partial charge in [-0.3, -0.25) is 0 Å². The molecule has 0 aromatic carbocycles. The van der Waals surface area contributed by atoms with Crippen molar-refractivity contribution in [3.63, 3.8) is 0 Å². The van der Waals surface area contributed by atoms with E-state index in [1.54, 1.807) is 11.6 Å². The number of aromatic nitrogens is 3. The summed E-state index contributed by atoms with van der Waals surface area (Å²) in [5, 5.41) is 17.7. The number of hydrogen-bond acceptors (Lipinski definition) is 6. The number of rotatable bonds is 9. The number of carbonyl (C=O) groups is 1. The third-order valence-corrected chi connectivity index (χ3v) is 2.69. The van der Waals surface area contributed by atoms with Gasteiger partial charge in [0.2, 0.25) is 0 Å². The summed E-state index contributed by atoms with van der Waals surface area (Å²) in [5.41, 5.74) is 0.929. The van der Waals surface area contributed by atoms with Crippen molar-refractivity contribution in [2.24, 2.45) is 0 Å². The first-order valence-electron chi connectivity index (χ1n) is 6.99. The van der Waals surface area contributed by atoms with E-state index in [2.05, 4.69) is 10.3 Å². The van der Waals surface area contributed by atoms with Crippen molar-refractivity contribution >= 4 is 5.97 Å². The fraction of sp³-hybridized carbons (Fsp3) is 0.769. The Hall–Kier alpha value is -1.47. The maximum atomic E-state index is 11.8. The van der Waals surface area contributed by atoms with Gasteiger partial charge in [0, 0.05) is 6.61 Å². The third-order valence-electron chi connectivity index (χ3n) is 2.69. The highest BCUT2D eigenvalue weighted by Crippen LogP contribution is 2.11. The van der Waals surface area contributed by atoms with Crippen LogP contribution in [0.25, 0.3) is 0 Å². The summed E-state index contributed by atoms with van der Waals surface area (Å²) in [6.07, 6.45) is 0.825. The predicted octanol–water partition coefficient (Wildman–Crippen LogP) is 0.805. The number of aliphatic hydroxyl groups excluding tert-OH is 1. The van der Waals surface area contributed by atoms with Crippen LogP contribution >= 0.6 is 0 Å². The summed E-state index contributed by atoms with van der Waals surface area (Å²) in [7, 11) is 0. The molecule has 20 heavy (non-hydrogen) atoms. The highest BCUT2D eigenvalue weighted by Gasteiger charge is 2.21. The molecule has 0 aliphatic rings. The minimum absolute atomic E-state index is 0.233. The number of esters is 1. The molecule has 7 heteroatoms. The molecular formula is C13H23N3O4. The average Bonchev–Trinajstić information content (AvgIpc) is 2.80. The van der Waals surface area contributed by atoms with Crippen LogP contribution in [-0.4, -0.2) is 52.0 Å². The Kier molecular flexibility index (Phi) is 7.17. The Bertz CT molecular complexity index is 420. The molecule has 1 atom stereocenters. The van der Waals surface area contributed by atoms with Crippen LogP contribution in [0.3, 0.4) is 0 Å². The first-order chi connectivity index (χ1) is 9.63. The molecule has 7 nitrogen and oxygen atoms in total. The van der Waals surface area contributed by atoms with E-state index in [9.17, 15) is 9.90 Å². The normalized spacial score (nSPS) is 12.4. The Balaban J connectivity index is 2.82. The molecular weight excluding hydrogens is 262 g/mol. The molecule has 1 heterocycles. The second-order valence-corrected chi connectivity index (χ2v) is 4.35. The second kappa shape index (κ2) is 8.65. The molecule has 0 fully saturated rings. The summed E-state index contributed by atoms with van der Waals surface area (Å²) in [5.74, 6) is -0.471. The SMILES string of the molecule is CCCc1c(C(=O)OCC)nnn1CC(O)COCC. The molecule has 0 aliphatic carbocycles. The van der Waals surface area contributed by atoms with Crippen molar-refractivity contribution in [3.8, 4) is 0 Å². The minimum Gasteiger partial charge on any atom is -0.461 e. The number of hydrogen-bond donors (Lipinski definition) is 1. The zero-order valence-corrected chi connectivity index (χ0v) is 12.3. The van der Waals surface area contributed by atoms with Gasteiger partial charge in [-0.25, -0.2) is 9.48 Å². The van der Waals surface area contributed by atoms with Crippen molar-refractivity contribution in [1.29, 1.82) is 0 Å². The largest absolute Gasteiger partial charge is 0.461 e. The van der Waals surface area contributed by atoms with Gasteiger partial charge < -0.3 is 14.6 Å². The lowest BCUT2D eigenvalue weighted by molar-refractivity contribution is 0.0308. The Morgan fingerprint density at radius 3 is 2.70 bits per heavy atom. The molecule has 0 aliphatic heterocycles. The van der Waals surface area contributed by atoms with E-state index in [0.717, 1.165) is 6.42 Å². The fourth-order valence-corrected chi connectivity index (χ4v) is 1.83. The maximum absolute atomic E-state index is 11.8. The maximum Gasteiger partial charge on any atom is 0.360 e. The summed E-state index contributed by atoms with van der Waals surface area (Å²) in [6, 6.07) is 0. The molecule has 1 rings (SSSR count). The van der Waals surface area contributed by atoms with Crippen molar-refractivity contribution in [1.82, 2.24) is 15.0 Å². The zero-order chi connectivity index (χ0) is 15.0. The average molecular weight is 285 g/mol. The quantitative estimate of drug-likeness (QED) is 0.675. The Morgan fingerprint density at radius 2 is 2.10 bits per heavy atom. The summed E-state index contributed by atoms with van der Waals surface area (Å²) >= 11 is 0. The first-order valence-corrected chi connectivity index (χ1v) is 6.99. The van der Waals surface area contributed by atoms with Crippen LogP contribution in [0.4, 0.5) is 0 Å². The fourth-order valence-electron chi connectivity index (χ4n) is 1.83. The molecule has 1 aromatic heterocycles. The standard InChI is InChI=1S/C13H23N3O4/c1-4-7-11-12(13(18)20-6-3)14-15-16(11)8-10(17)9-19-5-2/h10,17H,4-9H2,1-3H3. The Morgan fingerprint density at radius 1 is 1.35 bits per heavy atom. The van der Waals surface area contributed by atoms with Crippen LogP contribution < -0.4 is 0 Å². The Labute approximate surface area is 118 Å². The molecule has 1 N–H and O–H groups in total. The van der Waals surface area contributed by atoms with Crippen LogP contribution in [-0.2, 0) is 22.4 Å². The number of ether oxygens (including phenoxy) is 2. The highest BCUT2D eigenvalue weighted by molar-refractivity contribution is 5.88. The van der Waals surface area contributed by atoms with Crippen LogP contribution in [0.15, 0.2) is 0 Å². The second-order valence-electron chi connectivity index (χ2n) is 4.35. The molecule has 0 saturated carbocycles. The van der Waals surface area contributed by atoms with Gasteiger partial charge in [0.05, 0.1) is 31.6 Å². The number of carbonyl (C=O) groups excluding carboxylic acids is 1. The van der Waals surface area contributed by atoms with Crippen LogP contribution in [0.1, 0.15) is 43.4 Å². The van der Waals surface area contributed by atoms with E-state index in [0.29, 0.717) is 25.3 Å². The molecule has 0 amide bonds. The molecule has 1 unspecified atom stereocenters. The zero-order valence-electron chi connectivity index (χ0n) is 12.3. The van der Waals surface area contributed by atoms with E-state index in [4.69, 9.17) is 9.47 Å². The first kappa shape index (κ1) is 16.6.